The highest BCUT2D eigenvalue weighted by Gasteiger charge is 2.25. The topological polar surface area (TPSA) is 37.9 Å². The van der Waals surface area contributed by atoms with E-state index in [0.29, 0.717) is 6.61 Å². The minimum atomic E-state index is 0.700. The number of H-pyrrole nitrogens is 1. The fourth-order valence-electron chi connectivity index (χ4n) is 1.96. The average Bonchev–Trinajstić information content (AvgIpc) is 3.09. The summed E-state index contributed by atoms with van der Waals surface area (Å²) in [4.78, 5) is 7.82. The lowest BCUT2D eigenvalue weighted by Crippen LogP contribution is -1.90. The minimum absolute atomic E-state index is 0.700. The maximum absolute atomic E-state index is 5.42. The predicted molar refractivity (Wildman–Crippen MR) is 67.2 cm³/mol. The molecule has 1 heterocycles. The third-order valence-corrected chi connectivity index (χ3v) is 3.05. The van der Waals surface area contributed by atoms with Gasteiger partial charge in [-0.2, -0.15) is 0 Å². The maximum Gasteiger partial charge on any atom is 0.137 e. The van der Waals surface area contributed by atoms with Gasteiger partial charge in [0.2, 0.25) is 0 Å². The Bertz CT molecular complexity index is 497. The normalized spacial score (nSPS) is 14.9. The van der Waals surface area contributed by atoms with Gasteiger partial charge in [-0.05, 0) is 44.0 Å². The van der Waals surface area contributed by atoms with Gasteiger partial charge in [0.25, 0.3) is 0 Å². The zero-order valence-corrected chi connectivity index (χ0v) is 9.94. The highest BCUT2D eigenvalue weighted by molar-refractivity contribution is 5.56. The lowest BCUT2D eigenvalue weighted by atomic mass is 10.2. The minimum Gasteiger partial charge on any atom is -0.494 e. The highest BCUT2D eigenvalue weighted by Crippen LogP contribution is 2.39. The number of nitrogens with one attached hydrogen (secondary N) is 1. The van der Waals surface area contributed by atoms with E-state index in [1.807, 2.05) is 37.4 Å². The monoisotopic (exact) mass is 228 g/mol. The van der Waals surface area contributed by atoms with Gasteiger partial charge in [0.1, 0.15) is 11.6 Å². The molecule has 0 unspecified atom stereocenters. The summed E-state index contributed by atoms with van der Waals surface area (Å²) >= 11 is 0. The smallest absolute Gasteiger partial charge is 0.137 e. The number of nitrogens with zero attached hydrogens (tertiary/aromatic N) is 1. The molecule has 1 aromatic heterocycles. The third-order valence-electron chi connectivity index (χ3n) is 3.05. The van der Waals surface area contributed by atoms with E-state index in [1.165, 1.54) is 18.5 Å². The molecule has 1 N–H and O–H groups in total. The van der Waals surface area contributed by atoms with Crippen LogP contribution in [0, 0.1) is 0 Å². The Balaban J connectivity index is 1.81. The zero-order valence-electron chi connectivity index (χ0n) is 9.94. The van der Waals surface area contributed by atoms with E-state index in [-0.39, 0.29) is 0 Å². The number of rotatable bonds is 4. The molecule has 1 fully saturated rings. The van der Waals surface area contributed by atoms with Gasteiger partial charge >= 0.3 is 0 Å². The summed E-state index contributed by atoms with van der Waals surface area (Å²) in [5.41, 5.74) is 2.38. The van der Waals surface area contributed by atoms with Crippen LogP contribution in [0.4, 0.5) is 0 Å². The molecule has 0 radical (unpaired) electrons. The molecule has 0 atom stereocenters. The quantitative estimate of drug-likeness (QED) is 0.871. The number of ether oxygens (including phenoxy) is 1. The summed E-state index contributed by atoms with van der Waals surface area (Å²) in [5, 5.41) is 0. The van der Waals surface area contributed by atoms with Gasteiger partial charge in [0, 0.05) is 23.4 Å². The first-order chi connectivity index (χ1) is 8.36. The lowest BCUT2D eigenvalue weighted by molar-refractivity contribution is 0.340. The molecule has 1 aliphatic rings. The van der Waals surface area contributed by atoms with Gasteiger partial charge in [0.15, 0.2) is 0 Å². The summed E-state index contributed by atoms with van der Waals surface area (Å²) in [5.74, 6) is 2.58. The van der Waals surface area contributed by atoms with Crippen LogP contribution in [0.2, 0.25) is 0 Å². The van der Waals surface area contributed by atoms with Crippen molar-refractivity contribution in [3.8, 4) is 17.1 Å². The SMILES string of the molecule is CCOc1ccc(-c2ncc(C3CC3)[nH]2)cc1. The van der Waals surface area contributed by atoms with Crippen molar-refractivity contribution >= 4 is 0 Å². The van der Waals surface area contributed by atoms with Crippen molar-refractivity contribution in [2.75, 3.05) is 6.61 Å². The summed E-state index contributed by atoms with van der Waals surface area (Å²) in [6, 6.07) is 8.05. The zero-order chi connectivity index (χ0) is 11.7. The van der Waals surface area contributed by atoms with Crippen molar-refractivity contribution in [2.24, 2.45) is 0 Å². The van der Waals surface area contributed by atoms with Crippen LogP contribution >= 0.6 is 0 Å². The Morgan fingerprint density at radius 1 is 1.29 bits per heavy atom. The number of aromatic nitrogens is 2. The van der Waals surface area contributed by atoms with E-state index in [4.69, 9.17) is 4.74 Å². The molecule has 1 saturated carbocycles. The largest absolute Gasteiger partial charge is 0.494 e. The first-order valence-electron chi connectivity index (χ1n) is 6.15. The summed E-state index contributed by atoms with van der Waals surface area (Å²) in [6.45, 7) is 2.69. The fourth-order valence-corrected chi connectivity index (χ4v) is 1.96. The second-order valence-electron chi connectivity index (χ2n) is 4.42. The number of aromatic amines is 1. The number of hydrogen-bond acceptors (Lipinski definition) is 2. The van der Waals surface area contributed by atoms with E-state index >= 15 is 0 Å². The molecule has 1 aromatic carbocycles. The molecule has 88 valence electrons. The molecular weight excluding hydrogens is 212 g/mol. The van der Waals surface area contributed by atoms with E-state index in [1.54, 1.807) is 0 Å². The first-order valence-corrected chi connectivity index (χ1v) is 6.15. The van der Waals surface area contributed by atoms with Crippen molar-refractivity contribution < 1.29 is 4.74 Å². The van der Waals surface area contributed by atoms with Crippen molar-refractivity contribution in [1.82, 2.24) is 9.97 Å². The van der Waals surface area contributed by atoms with Crippen LogP contribution in [0.5, 0.6) is 5.75 Å². The third kappa shape index (κ3) is 2.18. The van der Waals surface area contributed by atoms with Crippen LogP contribution in [0.1, 0.15) is 31.4 Å². The lowest BCUT2D eigenvalue weighted by Gasteiger charge is -2.03. The Morgan fingerprint density at radius 2 is 2.06 bits per heavy atom. The van der Waals surface area contributed by atoms with Gasteiger partial charge in [0.05, 0.1) is 6.61 Å². The van der Waals surface area contributed by atoms with Crippen molar-refractivity contribution in [2.45, 2.75) is 25.7 Å². The Morgan fingerprint density at radius 3 is 2.71 bits per heavy atom. The van der Waals surface area contributed by atoms with Crippen molar-refractivity contribution in [3.05, 3.63) is 36.2 Å². The standard InChI is InChI=1S/C14H16N2O/c1-2-17-12-7-5-11(6-8-12)14-15-9-13(16-14)10-3-4-10/h5-10H,2-4H2,1H3,(H,15,16). The number of hydrogen-bond donors (Lipinski definition) is 1. The molecule has 2 aromatic rings. The number of benzene rings is 1. The van der Waals surface area contributed by atoms with Crippen LogP contribution in [0.3, 0.4) is 0 Å². The van der Waals surface area contributed by atoms with Gasteiger partial charge in [-0.1, -0.05) is 0 Å². The Kier molecular flexibility index (Phi) is 2.59. The Labute approximate surface area is 101 Å². The molecule has 3 rings (SSSR count). The van der Waals surface area contributed by atoms with Crippen LogP contribution in [-0.2, 0) is 0 Å². The van der Waals surface area contributed by atoms with Gasteiger partial charge in [-0.15, -0.1) is 0 Å². The van der Waals surface area contributed by atoms with Gasteiger partial charge < -0.3 is 9.72 Å². The maximum atomic E-state index is 5.42. The number of imidazole rings is 1. The van der Waals surface area contributed by atoms with Crippen LogP contribution in [-0.4, -0.2) is 16.6 Å². The summed E-state index contributed by atoms with van der Waals surface area (Å²) < 4.78 is 5.42. The molecule has 0 saturated heterocycles. The second kappa shape index (κ2) is 4.24. The molecule has 0 aliphatic heterocycles. The predicted octanol–water partition coefficient (Wildman–Crippen LogP) is 3.35. The Hall–Kier alpha value is -1.77. The van der Waals surface area contributed by atoms with Crippen molar-refractivity contribution in [3.63, 3.8) is 0 Å². The van der Waals surface area contributed by atoms with E-state index in [9.17, 15) is 0 Å². The summed E-state index contributed by atoms with van der Waals surface area (Å²) in [7, 11) is 0. The molecule has 0 bridgehead atoms. The van der Waals surface area contributed by atoms with E-state index < -0.39 is 0 Å². The van der Waals surface area contributed by atoms with Gasteiger partial charge in [-0.25, -0.2) is 4.98 Å². The fraction of sp³-hybridized carbons (Fsp3) is 0.357. The molecular formula is C14H16N2O. The highest BCUT2D eigenvalue weighted by atomic mass is 16.5. The molecule has 1 aliphatic carbocycles. The van der Waals surface area contributed by atoms with E-state index in [0.717, 1.165) is 23.1 Å². The first kappa shape index (κ1) is 10.4. The van der Waals surface area contributed by atoms with Crippen LogP contribution in [0.15, 0.2) is 30.5 Å². The molecule has 17 heavy (non-hydrogen) atoms. The summed E-state index contributed by atoms with van der Waals surface area (Å²) in [6.07, 6.45) is 4.55. The molecule has 3 heteroatoms. The van der Waals surface area contributed by atoms with Gasteiger partial charge in [-0.3, -0.25) is 0 Å². The molecule has 0 amide bonds. The molecule has 3 nitrogen and oxygen atoms in total. The van der Waals surface area contributed by atoms with Crippen molar-refractivity contribution in [1.29, 1.82) is 0 Å². The van der Waals surface area contributed by atoms with Crippen LogP contribution in [0.25, 0.3) is 11.4 Å². The van der Waals surface area contributed by atoms with Crippen LogP contribution < -0.4 is 4.74 Å². The van der Waals surface area contributed by atoms with E-state index in [2.05, 4.69) is 9.97 Å². The second-order valence-corrected chi connectivity index (χ2v) is 4.42. The molecule has 0 spiro atoms. The average molecular weight is 228 g/mol.